The molecule has 0 atom stereocenters. The SMILES string of the molecule is CN1CCN(c2ccc(Nc3nc4c(c(Nc5cccc(NS(=O)(=O)C(C)(C)C)c5)n3)CCNC4)cc2)CC1. The van der Waals surface area contributed by atoms with Crippen LogP contribution < -0.4 is 25.6 Å². The standard InChI is InChI=1S/C28H38N8O2S/c1-28(2,3)39(37,38)34-22-7-5-6-21(18-22)30-26-24-12-13-29-19-25(24)32-27(33-26)31-20-8-10-23(11-9-20)36-16-14-35(4)15-17-36/h5-11,18,29,34H,12-17,19H2,1-4H3,(H2,30,31,32,33). The normalized spacial score (nSPS) is 16.5. The molecular weight excluding hydrogens is 512 g/mol. The van der Waals surface area contributed by atoms with Crippen LogP contribution in [-0.2, 0) is 23.0 Å². The van der Waals surface area contributed by atoms with E-state index in [1.54, 1.807) is 32.9 Å². The third-order valence-electron chi connectivity index (χ3n) is 7.11. The van der Waals surface area contributed by atoms with Gasteiger partial charge in [-0.2, -0.15) is 4.98 Å². The highest BCUT2D eigenvalue weighted by atomic mass is 32.2. The molecule has 0 saturated carbocycles. The van der Waals surface area contributed by atoms with Crippen molar-refractivity contribution in [3.8, 4) is 0 Å². The average molecular weight is 551 g/mol. The lowest BCUT2D eigenvalue weighted by Gasteiger charge is -2.34. The Balaban J connectivity index is 1.35. The minimum Gasteiger partial charge on any atom is -0.369 e. The summed E-state index contributed by atoms with van der Waals surface area (Å²) in [7, 11) is -1.38. The zero-order valence-corrected chi connectivity index (χ0v) is 23.9. The molecule has 3 aromatic rings. The van der Waals surface area contributed by atoms with Crippen LogP contribution in [0.4, 0.5) is 34.5 Å². The van der Waals surface area contributed by atoms with Gasteiger partial charge in [0.15, 0.2) is 0 Å². The number of rotatable bonds is 7. The topological polar surface area (TPSA) is 115 Å². The summed E-state index contributed by atoms with van der Waals surface area (Å²) in [5, 5.41) is 10.2. The molecule has 3 heterocycles. The van der Waals surface area contributed by atoms with Crippen LogP contribution in [0.3, 0.4) is 0 Å². The van der Waals surface area contributed by atoms with Crippen molar-refractivity contribution in [2.45, 2.75) is 38.5 Å². The summed E-state index contributed by atoms with van der Waals surface area (Å²) in [4.78, 5) is 14.4. The number of likely N-dealkylation sites (N-methyl/N-ethyl adjacent to an activating group) is 1. The second-order valence-electron chi connectivity index (χ2n) is 11.1. The predicted octanol–water partition coefficient (Wildman–Crippen LogP) is 3.90. The first-order valence-corrected chi connectivity index (χ1v) is 14.9. The fourth-order valence-corrected chi connectivity index (χ4v) is 5.32. The molecule has 1 fully saturated rings. The van der Waals surface area contributed by atoms with Gasteiger partial charge in [-0.05, 0) is 83.2 Å². The van der Waals surface area contributed by atoms with Crippen molar-refractivity contribution in [1.82, 2.24) is 20.2 Å². The highest BCUT2D eigenvalue weighted by Crippen LogP contribution is 2.29. The molecule has 10 nitrogen and oxygen atoms in total. The van der Waals surface area contributed by atoms with Crippen molar-refractivity contribution in [3.63, 3.8) is 0 Å². The van der Waals surface area contributed by atoms with Gasteiger partial charge in [-0.3, -0.25) is 4.72 Å². The second-order valence-corrected chi connectivity index (χ2v) is 13.6. The molecule has 0 aliphatic carbocycles. The number of fused-ring (bicyclic) bond motifs is 1. The van der Waals surface area contributed by atoms with E-state index in [9.17, 15) is 8.42 Å². The zero-order chi connectivity index (χ0) is 27.6. The van der Waals surface area contributed by atoms with E-state index in [1.165, 1.54) is 5.69 Å². The van der Waals surface area contributed by atoms with Gasteiger partial charge in [-0.1, -0.05) is 6.07 Å². The summed E-state index contributed by atoms with van der Waals surface area (Å²) in [6, 6.07) is 15.6. The molecule has 5 rings (SSSR count). The van der Waals surface area contributed by atoms with Gasteiger partial charge < -0.3 is 25.8 Å². The maximum absolute atomic E-state index is 12.7. The Hall–Kier alpha value is -3.41. The molecule has 2 aromatic carbocycles. The van der Waals surface area contributed by atoms with E-state index < -0.39 is 14.8 Å². The van der Waals surface area contributed by atoms with Crippen LogP contribution in [0.1, 0.15) is 32.0 Å². The first-order valence-electron chi connectivity index (χ1n) is 13.4. The predicted molar refractivity (Wildman–Crippen MR) is 159 cm³/mol. The fraction of sp³-hybridized carbons (Fsp3) is 0.429. The first kappa shape index (κ1) is 27.2. The zero-order valence-electron chi connectivity index (χ0n) is 23.1. The van der Waals surface area contributed by atoms with Gasteiger partial charge in [-0.15, -0.1) is 0 Å². The number of piperazine rings is 1. The number of sulfonamides is 1. The van der Waals surface area contributed by atoms with E-state index in [4.69, 9.17) is 9.97 Å². The van der Waals surface area contributed by atoms with Gasteiger partial charge in [0.1, 0.15) is 5.82 Å². The Morgan fingerprint density at radius 3 is 2.33 bits per heavy atom. The Morgan fingerprint density at radius 1 is 0.897 bits per heavy atom. The van der Waals surface area contributed by atoms with Crippen molar-refractivity contribution < 1.29 is 8.42 Å². The summed E-state index contributed by atoms with van der Waals surface area (Å²) in [5.41, 5.74) is 5.38. The molecular formula is C28H38N8O2S. The lowest BCUT2D eigenvalue weighted by atomic mass is 10.1. The van der Waals surface area contributed by atoms with Crippen molar-refractivity contribution in [2.75, 3.05) is 60.0 Å². The second kappa shape index (κ2) is 11.0. The lowest BCUT2D eigenvalue weighted by Crippen LogP contribution is -2.44. The largest absolute Gasteiger partial charge is 0.369 e. The van der Waals surface area contributed by atoms with E-state index >= 15 is 0 Å². The van der Waals surface area contributed by atoms with Crippen molar-refractivity contribution in [2.24, 2.45) is 0 Å². The summed E-state index contributed by atoms with van der Waals surface area (Å²) in [5.74, 6) is 1.23. The van der Waals surface area contributed by atoms with Crippen molar-refractivity contribution >= 4 is 44.5 Å². The van der Waals surface area contributed by atoms with E-state index in [-0.39, 0.29) is 0 Å². The molecule has 0 spiro atoms. The fourth-order valence-electron chi connectivity index (χ4n) is 4.57. The van der Waals surface area contributed by atoms with Crippen LogP contribution >= 0.6 is 0 Å². The maximum atomic E-state index is 12.7. The lowest BCUT2D eigenvalue weighted by molar-refractivity contribution is 0.313. The third-order valence-corrected chi connectivity index (χ3v) is 9.23. The van der Waals surface area contributed by atoms with Gasteiger partial charge in [0.05, 0.1) is 16.1 Å². The van der Waals surface area contributed by atoms with E-state index in [1.807, 2.05) is 12.1 Å². The van der Waals surface area contributed by atoms with Crippen LogP contribution in [0.15, 0.2) is 48.5 Å². The average Bonchev–Trinajstić information content (AvgIpc) is 2.89. The molecule has 4 N–H and O–H groups in total. The van der Waals surface area contributed by atoms with Crippen molar-refractivity contribution in [1.29, 1.82) is 0 Å². The highest BCUT2D eigenvalue weighted by Gasteiger charge is 2.29. The van der Waals surface area contributed by atoms with Crippen LogP contribution in [0.5, 0.6) is 0 Å². The summed E-state index contributed by atoms with van der Waals surface area (Å²) < 4.78 is 27.1. The Morgan fingerprint density at radius 2 is 1.62 bits per heavy atom. The Kier molecular flexibility index (Phi) is 7.66. The van der Waals surface area contributed by atoms with Crippen LogP contribution in [0.25, 0.3) is 0 Å². The maximum Gasteiger partial charge on any atom is 0.237 e. The summed E-state index contributed by atoms with van der Waals surface area (Å²) in [6.45, 7) is 10.7. The van der Waals surface area contributed by atoms with Crippen LogP contribution in [0, 0.1) is 0 Å². The molecule has 1 saturated heterocycles. The molecule has 0 unspecified atom stereocenters. The van der Waals surface area contributed by atoms with Crippen LogP contribution in [0.2, 0.25) is 0 Å². The highest BCUT2D eigenvalue weighted by molar-refractivity contribution is 7.94. The van der Waals surface area contributed by atoms with Gasteiger partial charge in [0.25, 0.3) is 0 Å². The molecule has 2 aliphatic rings. The molecule has 208 valence electrons. The molecule has 0 radical (unpaired) electrons. The smallest absolute Gasteiger partial charge is 0.237 e. The van der Waals surface area contributed by atoms with Gasteiger partial charge in [-0.25, -0.2) is 13.4 Å². The number of hydrogen-bond acceptors (Lipinski definition) is 9. The van der Waals surface area contributed by atoms with Crippen molar-refractivity contribution in [3.05, 3.63) is 59.8 Å². The van der Waals surface area contributed by atoms with Crippen LogP contribution in [-0.4, -0.2) is 67.8 Å². The molecule has 0 amide bonds. The number of hydrogen-bond donors (Lipinski definition) is 4. The quantitative estimate of drug-likeness (QED) is 0.348. The van der Waals surface area contributed by atoms with Gasteiger partial charge >= 0.3 is 0 Å². The Labute approximate surface area is 231 Å². The number of anilines is 6. The molecule has 1 aromatic heterocycles. The Bertz CT molecular complexity index is 1410. The minimum atomic E-state index is -3.54. The number of nitrogens with one attached hydrogen (secondary N) is 4. The number of benzene rings is 2. The molecule has 11 heteroatoms. The number of aromatic nitrogens is 2. The minimum absolute atomic E-state index is 0.498. The van der Waals surface area contributed by atoms with Gasteiger partial charge in [0.2, 0.25) is 16.0 Å². The van der Waals surface area contributed by atoms with E-state index in [0.29, 0.717) is 24.0 Å². The van der Waals surface area contributed by atoms with E-state index in [2.05, 4.69) is 61.8 Å². The monoisotopic (exact) mass is 550 g/mol. The molecule has 2 aliphatic heterocycles. The summed E-state index contributed by atoms with van der Waals surface area (Å²) in [6.07, 6.45) is 0.800. The van der Waals surface area contributed by atoms with E-state index in [0.717, 1.165) is 61.8 Å². The van der Waals surface area contributed by atoms with Gasteiger partial charge in [0, 0.05) is 55.3 Å². The third kappa shape index (κ3) is 6.43. The summed E-state index contributed by atoms with van der Waals surface area (Å²) >= 11 is 0. The first-order chi connectivity index (χ1) is 18.6. The molecule has 0 bridgehead atoms. The molecule has 39 heavy (non-hydrogen) atoms. The number of nitrogens with zero attached hydrogens (tertiary/aromatic N) is 4.